The maximum atomic E-state index is 12.7. The Morgan fingerprint density at radius 2 is 1.73 bits per heavy atom. The summed E-state index contributed by atoms with van der Waals surface area (Å²) in [6.45, 7) is -0.311. The average Bonchev–Trinajstić information content (AvgIpc) is 3.16. The van der Waals surface area contributed by atoms with Gasteiger partial charge in [0.2, 0.25) is 0 Å². The predicted molar refractivity (Wildman–Crippen MR) is 146 cm³/mol. The molecular weight excluding hydrogens is 510 g/mol. The lowest BCUT2D eigenvalue weighted by molar-refractivity contribution is -0.140. The number of rotatable bonds is 11. The SMILES string of the molecule is O=C(O)CN1C(=O)C(=Cc2ccc(OCCc3ccccc3)c(OC(CO)c3ccccc3)c2)SC1=S. The van der Waals surface area contributed by atoms with Gasteiger partial charge in [-0.3, -0.25) is 14.5 Å². The first kappa shape index (κ1) is 26.4. The molecule has 190 valence electrons. The Kier molecular flexibility index (Phi) is 8.95. The lowest BCUT2D eigenvalue weighted by Gasteiger charge is -2.20. The van der Waals surface area contributed by atoms with Crippen LogP contribution in [0.4, 0.5) is 0 Å². The summed E-state index contributed by atoms with van der Waals surface area (Å²) in [6.07, 6.45) is 1.72. The summed E-state index contributed by atoms with van der Waals surface area (Å²) in [5.74, 6) is -0.687. The van der Waals surface area contributed by atoms with Crippen LogP contribution in [-0.4, -0.2) is 51.1 Å². The third-order valence-corrected chi connectivity index (χ3v) is 6.91. The maximum Gasteiger partial charge on any atom is 0.323 e. The zero-order chi connectivity index (χ0) is 26.2. The molecule has 1 amide bonds. The highest BCUT2D eigenvalue weighted by molar-refractivity contribution is 8.26. The number of carboxylic acid groups (broad SMARTS) is 1. The Hall–Kier alpha value is -3.66. The summed E-state index contributed by atoms with van der Waals surface area (Å²) in [5.41, 5.74) is 2.59. The molecule has 1 heterocycles. The van der Waals surface area contributed by atoms with E-state index in [1.54, 1.807) is 24.3 Å². The predicted octanol–water partition coefficient (Wildman–Crippen LogP) is 4.71. The number of aliphatic hydroxyl groups is 1. The maximum absolute atomic E-state index is 12.7. The van der Waals surface area contributed by atoms with Crippen molar-refractivity contribution in [2.45, 2.75) is 12.5 Å². The molecule has 0 aliphatic carbocycles. The molecule has 4 rings (SSSR count). The van der Waals surface area contributed by atoms with Gasteiger partial charge in [0.05, 0.1) is 18.1 Å². The van der Waals surface area contributed by atoms with Crippen molar-refractivity contribution in [1.82, 2.24) is 4.90 Å². The molecule has 1 aliphatic rings. The van der Waals surface area contributed by atoms with Crippen LogP contribution in [0.2, 0.25) is 0 Å². The molecule has 0 saturated carbocycles. The molecule has 0 spiro atoms. The van der Waals surface area contributed by atoms with Crippen molar-refractivity contribution >= 4 is 46.3 Å². The Morgan fingerprint density at radius 3 is 2.41 bits per heavy atom. The summed E-state index contributed by atoms with van der Waals surface area (Å²) in [7, 11) is 0. The van der Waals surface area contributed by atoms with Crippen LogP contribution in [0.1, 0.15) is 22.8 Å². The summed E-state index contributed by atoms with van der Waals surface area (Å²) < 4.78 is 12.4. The van der Waals surface area contributed by atoms with E-state index in [1.807, 2.05) is 60.7 Å². The summed E-state index contributed by atoms with van der Waals surface area (Å²) in [5, 5.41) is 19.1. The molecule has 37 heavy (non-hydrogen) atoms. The minimum atomic E-state index is -1.14. The summed E-state index contributed by atoms with van der Waals surface area (Å²) in [6, 6.07) is 24.6. The highest BCUT2D eigenvalue weighted by Crippen LogP contribution is 2.36. The Balaban J connectivity index is 1.59. The highest BCUT2D eigenvalue weighted by Gasteiger charge is 2.33. The number of amides is 1. The van der Waals surface area contributed by atoms with Crippen LogP contribution in [0.5, 0.6) is 11.5 Å². The van der Waals surface area contributed by atoms with Gasteiger partial charge in [-0.05, 0) is 34.9 Å². The molecule has 7 nitrogen and oxygen atoms in total. The topological polar surface area (TPSA) is 96.3 Å². The van der Waals surface area contributed by atoms with Crippen molar-refractivity contribution in [3.63, 3.8) is 0 Å². The van der Waals surface area contributed by atoms with Gasteiger partial charge in [-0.15, -0.1) is 0 Å². The van der Waals surface area contributed by atoms with Crippen molar-refractivity contribution in [3.8, 4) is 11.5 Å². The van der Waals surface area contributed by atoms with E-state index in [9.17, 15) is 14.7 Å². The third kappa shape index (κ3) is 6.97. The van der Waals surface area contributed by atoms with E-state index in [0.717, 1.165) is 27.8 Å². The molecule has 1 atom stereocenters. The second kappa shape index (κ2) is 12.5. The van der Waals surface area contributed by atoms with E-state index in [0.29, 0.717) is 35.0 Å². The van der Waals surface area contributed by atoms with E-state index in [2.05, 4.69) is 0 Å². The zero-order valence-corrected chi connectivity index (χ0v) is 21.4. The molecule has 1 saturated heterocycles. The number of ether oxygens (including phenoxy) is 2. The average molecular weight is 536 g/mol. The molecule has 9 heteroatoms. The lowest BCUT2D eigenvalue weighted by Crippen LogP contribution is -2.33. The van der Waals surface area contributed by atoms with E-state index in [4.69, 9.17) is 26.8 Å². The second-order valence-electron chi connectivity index (χ2n) is 8.15. The van der Waals surface area contributed by atoms with Crippen LogP contribution in [-0.2, 0) is 16.0 Å². The molecule has 1 unspecified atom stereocenters. The number of aliphatic carboxylic acids is 1. The van der Waals surface area contributed by atoms with Gasteiger partial charge in [0.15, 0.2) is 11.5 Å². The van der Waals surface area contributed by atoms with Gasteiger partial charge in [0, 0.05) is 6.42 Å². The fourth-order valence-corrected chi connectivity index (χ4v) is 4.96. The van der Waals surface area contributed by atoms with Gasteiger partial charge in [0.1, 0.15) is 17.0 Å². The van der Waals surface area contributed by atoms with Crippen molar-refractivity contribution in [2.75, 3.05) is 19.8 Å². The van der Waals surface area contributed by atoms with Crippen LogP contribution < -0.4 is 9.47 Å². The fourth-order valence-electron chi connectivity index (χ4n) is 3.70. The summed E-state index contributed by atoms with van der Waals surface area (Å²) >= 11 is 6.23. The van der Waals surface area contributed by atoms with Crippen LogP contribution >= 0.6 is 24.0 Å². The van der Waals surface area contributed by atoms with Gasteiger partial charge in [-0.1, -0.05) is 90.7 Å². The zero-order valence-electron chi connectivity index (χ0n) is 19.8. The highest BCUT2D eigenvalue weighted by atomic mass is 32.2. The van der Waals surface area contributed by atoms with Gasteiger partial charge >= 0.3 is 5.97 Å². The number of thioether (sulfide) groups is 1. The number of hydrogen-bond acceptors (Lipinski definition) is 7. The number of benzene rings is 3. The Labute approximate surface area is 224 Å². The normalized spacial score (nSPS) is 15.2. The summed E-state index contributed by atoms with van der Waals surface area (Å²) in [4.78, 5) is 25.2. The first-order valence-electron chi connectivity index (χ1n) is 11.5. The minimum Gasteiger partial charge on any atom is -0.489 e. The number of carboxylic acids is 1. The third-order valence-electron chi connectivity index (χ3n) is 5.53. The van der Waals surface area contributed by atoms with Crippen LogP contribution in [0.15, 0.2) is 83.8 Å². The van der Waals surface area contributed by atoms with E-state index >= 15 is 0 Å². The fraction of sp³-hybridized carbons (Fsp3) is 0.179. The standard InChI is InChI=1S/C28H25NO6S2/c30-18-24(21-9-5-2-6-10-21)35-23-15-20(16-25-27(33)29(17-26(31)32)28(36)37-25)11-12-22(23)34-14-13-19-7-3-1-4-8-19/h1-12,15-16,24,30H,13-14,17-18H2,(H,31,32). The van der Waals surface area contributed by atoms with Gasteiger partial charge in [0.25, 0.3) is 5.91 Å². The molecule has 1 aliphatic heterocycles. The molecule has 1 fully saturated rings. The molecule has 2 N–H and O–H groups in total. The van der Waals surface area contributed by atoms with Crippen molar-refractivity contribution in [3.05, 3.63) is 100 Å². The number of carbonyl (C=O) groups is 2. The molecule has 0 aromatic heterocycles. The van der Waals surface area contributed by atoms with Crippen molar-refractivity contribution in [1.29, 1.82) is 0 Å². The number of thiocarbonyl (C=S) groups is 1. The Bertz CT molecular complexity index is 1300. The minimum absolute atomic E-state index is 0.195. The first-order valence-corrected chi connectivity index (χ1v) is 12.8. The van der Waals surface area contributed by atoms with E-state index in [1.165, 1.54) is 0 Å². The van der Waals surface area contributed by atoms with Gasteiger partial charge < -0.3 is 19.7 Å². The molecular formula is C28H25NO6S2. The van der Waals surface area contributed by atoms with Gasteiger partial charge in [-0.25, -0.2) is 0 Å². The quantitative estimate of drug-likeness (QED) is 0.269. The number of hydrogen-bond donors (Lipinski definition) is 2. The molecule has 0 bridgehead atoms. The second-order valence-corrected chi connectivity index (χ2v) is 9.83. The lowest BCUT2D eigenvalue weighted by atomic mass is 10.1. The number of aliphatic hydroxyl groups excluding tert-OH is 1. The number of carbonyl (C=O) groups excluding carboxylic acids is 1. The first-order chi connectivity index (χ1) is 17.9. The largest absolute Gasteiger partial charge is 0.489 e. The molecule has 3 aromatic carbocycles. The van der Waals surface area contributed by atoms with Crippen LogP contribution in [0.3, 0.4) is 0 Å². The van der Waals surface area contributed by atoms with Crippen molar-refractivity contribution in [2.24, 2.45) is 0 Å². The van der Waals surface area contributed by atoms with Gasteiger partial charge in [-0.2, -0.15) is 0 Å². The van der Waals surface area contributed by atoms with Crippen molar-refractivity contribution < 1.29 is 29.3 Å². The molecule has 0 radical (unpaired) electrons. The molecule has 3 aromatic rings. The number of nitrogens with zero attached hydrogens (tertiary/aromatic N) is 1. The van der Waals surface area contributed by atoms with Crippen LogP contribution in [0, 0.1) is 0 Å². The monoisotopic (exact) mass is 535 g/mol. The van der Waals surface area contributed by atoms with E-state index in [-0.39, 0.29) is 10.9 Å². The van der Waals surface area contributed by atoms with Crippen LogP contribution in [0.25, 0.3) is 6.08 Å². The van der Waals surface area contributed by atoms with E-state index < -0.39 is 24.5 Å². The smallest absolute Gasteiger partial charge is 0.323 e. The Morgan fingerprint density at radius 1 is 1.03 bits per heavy atom.